The van der Waals surface area contributed by atoms with E-state index in [9.17, 15) is 4.79 Å². The summed E-state index contributed by atoms with van der Waals surface area (Å²) < 4.78 is 5.63. The summed E-state index contributed by atoms with van der Waals surface area (Å²) >= 11 is 0. The fraction of sp³-hybridized carbons (Fsp3) is 0.611. The largest absolute Gasteiger partial charge is 0.492 e. The molecule has 0 aliphatic carbocycles. The Balaban J connectivity index is 2.28. The molecule has 0 saturated heterocycles. The number of hydrogen-bond donors (Lipinski definition) is 2. The molecule has 0 spiro atoms. The molecule has 0 saturated carbocycles. The van der Waals surface area contributed by atoms with Crippen molar-refractivity contribution in [1.82, 2.24) is 10.6 Å². The monoisotopic (exact) mass is 306 g/mol. The van der Waals surface area contributed by atoms with E-state index in [-0.39, 0.29) is 12.1 Å². The first-order chi connectivity index (χ1) is 10.5. The van der Waals surface area contributed by atoms with Gasteiger partial charge in [0, 0.05) is 6.04 Å². The van der Waals surface area contributed by atoms with Crippen molar-refractivity contribution < 1.29 is 9.53 Å². The van der Waals surface area contributed by atoms with Crippen LogP contribution >= 0.6 is 0 Å². The van der Waals surface area contributed by atoms with Crippen molar-refractivity contribution >= 4 is 6.03 Å². The molecule has 0 fully saturated rings. The van der Waals surface area contributed by atoms with Crippen molar-refractivity contribution in [3.05, 3.63) is 29.8 Å². The summed E-state index contributed by atoms with van der Waals surface area (Å²) in [4.78, 5) is 11.4. The minimum Gasteiger partial charge on any atom is -0.492 e. The number of ether oxygens (including phenoxy) is 1. The van der Waals surface area contributed by atoms with Crippen LogP contribution in [0.25, 0.3) is 0 Å². The van der Waals surface area contributed by atoms with Crippen LogP contribution in [0.1, 0.15) is 46.1 Å². The van der Waals surface area contributed by atoms with Crippen LogP contribution in [0.2, 0.25) is 0 Å². The molecule has 2 N–H and O–H groups in total. The summed E-state index contributed by atoms with van der Waals surface area (Å²) in [5.41, 5.74) is 1.36. The Morgan fingerprint density at radius 1 is 1.14 bits per heavy atom. The summed E-state index contributed by atoms with van der Waals surface area (Å²) in [7, 11) is 0. The standard InChI is InChI=1S/C18H30N2O2/c1-5-15(6-2)13-16-7-9-17(10-8-16)22-12-11-19-18(21)20-14(3)4/h7-10,14-15H,5-6,11-13H2,1-4H3,(H2,19,20,21). The third kappa shape index (κ3) is 7.34. The second kappa shape index (κ2) is 10.1. The van der Waals surface area contributed by atoms with Crippen molar-refractivity contribution in [2.24, 2.45) is 5.92 Å². The first kappa shape index (κ1) is 18.3. The molecule has 0 heterocycles. The molecule has 0 bridgehead atoms. The molecule has 1 aromatic rings. The molecule has 0 radical (unpaired) electrons. The van der Waals surface area contributed by atoms with E-state index in [1.807, 2.05) is 26.0 Å². The fourth-order valence-electron chi connectivity index (χ4n) is 2.28. The van der Waals surface area contributed by atoms with Crippen molar-refractivity contribution in [1.29, 1.82) is 0 Å². The van der Waals surface area contributed by atoms with Gasteiger partial charge in [0.1, 0.15) is 12.4 Å². The normalized spacial score (nSPS) is 10.8. The highest BCUT2D eigenvalue weighted by Crippen LogP contribution is 2.18. The molecular weight excluding hydrogens is 276 g/mol. The van der Waals surface area contributed by atoms with E-state index in [1.54, 1.807) is 0 Å². The van der Waals surface area contributed by atoms with Crippen LogP contribution in [-0.4, -0.2) is 25.2 Å². The van der Waals surface area contributed by atoms with Crippen LogP contribution < -0.4 is 15.4 Å². The highest BCUT2D eigenvalue weighted by Gasteiger charge is 2.05. The van der Waals surface area contributed by atoms with Crippen LogP contribution in [0, 0.1) is 5.92 Å². The molecule has 0 unspecified atom stereocenters. The number of benzene rings is 1. The lowest BCUT2D eigenvalue weighted by Crippen LogP contribution is -2.41. The summed E-state index contributed by atoms with van der Waals surface area (Å²) in [6.07, 6.45) is 3.57. The van der Waals surface area contributed by atoms with Gasteiger partial charge in [0.2, 0.25) is 0 Å². The Morgan fingerprint density at radius 2 is 1.77 bits per heavy atom. The second-order valence-electron chi connectivity index (χ2n) is 5.93. The molecular formula is C18H30N2O2. The maximum absolute atomic E-state index is 11.4. The molecule has 124 valence electrons. The van der Waals surface area contributed by atoms with Crippen molar-refractivity contribution in [3.63, 3.8) is 0 Å². The summed E-state index contributed by atoms with van der Waals surface area (Å²) in [5.74, 6) is 1.61. The van der Waals surface area contributed by atoms with Gasteiger partial charge in [-0.25, -0.2) is 4.79 Å². The van der Waals surface area contributed by atoms with Crippen LogP contribution in [-0.2, 0) is 6.42 Å². The average molecular weight is 306 g/mol. The third-order valence-corrected chi connectivity index (χ3v) is 3.68. The number of amides is 2. The molecule has 22 heavy (non-hydrogen) atoms. The van der Waals surface area contributed by atoms with Crippen LogP contribution in [0.5, 0.6) is 5.75 Å². The maximum atomic E-state index is 11.4. The summed E-state index contributed by atoms with van der Waals surface area (Å²) in [6.45, 7) is 9.31. The van der Waals surface area contributed by atoms with Gasteiger partial charge in [-0.05, 0) is 43.9 Å². The van der Waals surface area contributed by atoms with E-state index < -0.39 is 0 Å². The van der Waals surface area contributed by atoms with Crippen LogP contribution in [0.3, 0.4) is 0 Å². The average Bonchev–Trinajstić information content (AvgIpc) is 2.50. The molecule has 2 amide bonds. The van der Waals surface area contributed by atoms with E-state index in [1.165, 1.54) is 18.4 Å². The van der Waals surface area contributed by atoms with E-state index in [2.05, 4.69) is 36.6 Å². The number of urea groups is 1. The number of carbonyl (C=O) groups is 1. The van der Waals surface area contributed by atoms with Gasteiger partial charge in [-0.15, -0.1) is 0 Å². The second-order valence-corrected chi connectivity index (χ2v) is 5.93. The first-order valence-electron chi connectivity index (χ1n) is 8.31. The van der Waals surface area contributed by atoms with E-state index in [4.69, 9.17) is 4.74 Å². The molecule has 0 aliphatic rings. The lowest BCUT2D eigenvalue weighted by Gasteiger charge is -2.13. The predicted molar refractivity (Wildman–Crippen MR) is 91.4 cm³/mol. The number of rotatable bonds is 9. The quantitative estimate of drug-likeness (QED) is 0.683. The van der Waals surface area contributed by atoms with Gasteiger partial charge in [-0.2, -0.15) is 0 Å². The van der Waals surface area contributed by atoms with Gasteiger partial charge in [0.25, 0.3) is 0 Å². The predicted octanol–water partition coefficient (Wildman–Crippen LogP) is 3.75. The van der Waals surface area contributed by atoms with Crippen molar-refractivity contribution in [2.45, 2.75) is 53.0 Å². The van der Waals surface area contributed by atoms with Gasteiger partial charge in [0.05, 0.1) is 6.54 Å². The zero-order chi connectivity index (χ0) is 16.4. The minimum atomic E-state index is -0.154. The molecule has 0 aliphatic heterocycles. The number of hydrogen-bond acceptors (Lipinski definition) is 2. The topological polar surface area (TPSA) is 50.4 Å². The molecule has 1 aromatic carbocycles. The lowest BCUT2D eigenvalue weighted by molar-refractivity contribution is 0.234. The molecule has 4 heteroatoms. The Hall–Kier alpha value is -1.71. The molecule has 1 rings (SSSR count). The number of carbonyl (C=O) groups excluding carboxylic acids is 1. The molecule has 0 aromatic heterocycles. The Kier molecular flexibility index (Phi) is 8.41. The fourth-order valence-corrected chi connectivity index (χ4v) is 2.28. The zero-order valence-electron chi connectivity index (χ0n) is 14.3. The van der Waals surface area contributed by atoms with Gasteiger partial charge in [-0.3, -0.25) is 0 Å². The van der Waals surface area contributed by atoms with Crippen molar-refractivity contribution in [2.75, 3.05) is 13.2 Å². The highest BCUT2D eigenvalue weighted by atomic mass is 16.5. The Labute approximate surface area is 134 Å². The summed E-state index contributed by atoms with van der Waals surface area (Å²) in [5, 5.41) is 5.53. The lowest BCUT2D eigenvalue weighted by atomic mass is 9.95. The van der Waals surface area contributed by atoms with Gasteiger partial charge in [-0.1, -0.05) is 38.8 Å². The van der Waals surface area contributed by atoms with Crippen LogP contribution in [0.4, 0.5) is 4.79 Å². The van der Waals surface area contributed by atoms with Gasteiger partial charge in [0.15, 0.2) is 0 Å². The van der Waals surface area contributed by atoms with E-state index >= 15 is 0 Å². The van der Waals surface area contributed by atoms with Crippen molar-refractivity contribution in [3.8, 4) is 5.75 Å². The van der Waals surface area contributed by atoms with Gasteiger partial charge >= 0.3 is 6.03 Å². The van der Waals surface area contributed by atoms with E-state index in [0.717, 1.165) is 18.1 Å². The Bertz CT molecular complexity index is 425. The Morgan fingerprint density at radius 3 is 2.32 bits per heavy atom. The smallest absolute Gasteiger partial charge is 0.315 e. The third-order valence-electron chi connectivity index (χ3n) is 3.68. The minimum absolute atomic E-state index is 0.142. The van der Waals surface area contributed by atoms with Gasteiger partial charge < -0.3 is 15.4 Å². The number of nitrogens with one attached hydrogen (secondary N) is 2. The van der Waals surface area contributed by atoms with E-state index in [0.29, 0.717) is 13.2 Å². The molecule has 4 nitrogen and oxygen atoms in total. The first-order valence-corrected chi connectivity index (χ1v) is 8.31. The molecule has 0 atom stereocenters. The zero-order valence-corrected chi connectivity index (χ0v) is 14.3. The maximum Gasteiger partial charge on any atom is 0.315 e. The summed E-state index contributed by atoms with van der Waals surface area (Å²) in [6, 6.07) is 8.26. The van der Waals surface area contributed by atoms with Crippen LogP contribution in [0.15, 0.2) is 24.3 Å². The SMILES string of the molecule is CCC(CC)Cc1ccc(OCCNC(=O)NC(C)C)cc1. The highest BCUT2D eigenvalue weighted by molar-refractivity contribution is 5.74.